The lowest BCUT2D eigenvalue weighted by atomic mass is 10.0. The summed E-state index contributed by atoms with van der Waals surface area (Å²) >= 11 is 0. The molecule has 0 saturated carbocycles. The normalized spacial score (nSPS) is 12.4. The first-order valence-corrected chi connectivity index (χ1v) is 15.7. The van der Waals surface area contributed by atoms with Crippen LogP contribution in [0.5, 0.6) is 17.2 Å². The summed E-state index contributed by atoms with van der Waals surface area (Å²) in [5.74, 6) is 0.196. The summed E-state index contributed by atoms with van der Waals surface area (Å²) < 4.78 is 101. The van der Waals surface area contributed by atoms with Crippen molar-refractivity contribution in [2.24, 2.45) is 0 Å². The molecule has 268 valence electrons. The third kappa shape index (κ3) is 7.95. The number of carbonyl (C=O) groups is 1. The van der Waals surface area contributed by atoms with Crippen LogP contribution in [0.1, 0.15) is 52.8 Å². The molecule has 0 aliphatic rings. The summed E-state index contributed by atoms with van der Waals surface area (Å²) in [5, 5.41) is 0.248. The lowest BCUT2D eigenvalue weighted by Gasteiger charge is -2.31. The van der Waals surface area contributed by atoms with Crippen LogP contribution in [0.3, 0.4) is 0 Å². The fourth-order valence-corrected chi connectivity index (χ4v) is 5.68. The van der Waals surface area contributed by atoms with Crippen molar-refractivity contribution >= 4 is 16.8 Å². The first kappa shape index (κ1) is 36.7. The first-order chi connectivity index (χ1) is 24.2. The third-order valence-corrected chi connectivity index (χ3v) is 8.23. The maximum atomic E-state index is 14.3. The Bertz CT molecular complexity index is 2060. The van der Waals surface area contributed by atoms with Crippen LogP contribution in [0.15, 0.2) is 89.7 Å². The zero-order valence-corrected chi connectivity index (χ0v) is 27.9. The summed E-state index contributed by atoms with van der Waals surface area (Å²) in [6.45, 7) is 3.49. The highest BCUT2D eigenvalue weighted by Crippen LogP contribution is 2.37. The number of methoxy groups -OCH3 is 2. The van der Waals surface area contributed by atoms with Crippen molar-refractivity contribution in [3.8, 4) is 22.9 Å². The summed E-state index contributed by atoms with van der Waals surface area (Å²) in [7, 11) is 2.88. The van der Waals surface area contributed by atoms with Crippen molar-refractivity contribution < 1.29 is 45.3 Å². The second kappa shape index (κ2) is 14.8. The van der Waals surface area contributed by atoms with Gasteiger partial charge in [0.25, 0.3) is 11.5 Å². The van der Waals surface area contributed by atoms with Crippen molar-refractivity contribution in [3.05, 3.63) is 123 Å². The molecule has 0 fully saturated rings. The quantitative estimate of drug-likeness (QED) is 0.128. The number of hydrogen-bond donors (Lipinski definition) is 0. The number of aromatic nitrogens is 2. The minimum atomic E-state index is -5.18. The fourth-order valence-electron chi connectivity index (χ4n) is 5.68. The zero-order chi connectivity index (χ0) is 37.1. The van der Waals surface area contributed by atoms with Gasteiger partial charge in [-0.25, -0.2) is 4.98 Å². The van der Waals surface area contributed by atoms with Gasteiger partial charge in [0.05, 0.1) is 54.6 Å². The molecule has 0 radical (unpaired) electrons. The Morgan fingerprint density at radius 3 is 2.06 bits per heavy atom. The van der Waals surface area contributed by atoms with Crippen LogP contribution < -0.4 is 19.8 Å². The number of hydrogen-bond acceptors (Lipinski definition) is 6. The number of nitrogens with zero attached hydrogens (tertiary/aromatic N) is 3. The van der Waals surface area contributed by atoms with Crippen LogP contribution in [0, 0.1) is 0 Å². The second-order valence-corrected chi connectivity index (χ2v) is 11.5. The minimum absolute atomic E-state index is 0.0199. The zero-order valence-electron chi connectivity index (χ0n) is 27.9. The number of ether oxygens (including phenoxy) is 3. The van der Waals surface area contributed by atoms with Crippen LogP contribution in [-0.2, 0) is 18.8 Å². The van der Waals surface area contributed by atoms with E-state index in [0.29, 0.717) is 47.2 Å². The molecular formula is C37H33F6N3O5. The Labute approximate surface area is 288 Å². The number of alkyl halides is 6. The molecule has 1 unspecified atom stereocenters. The average molecular weight is 714 g/mol. The second-order valence-electron chi connectivity index (χ2n) is 11.5. The van der Waals surface area contributed by atoms with Gasteiger partial charge in [0.2, 0.25) is 0 Å². The Balaban J connectivity index is 1.69. The predicted octanol–water partition coefficient (Wildman–Crippen LogP) is 8.29. The minimum Gasteiger partial charge on any atom is -0.494 e. The molecule has 0 bridgehead atoms. The number of para-hydroxylation sites is 1. The number of halogens is 6. The van der Waals surface area contributed by atoms with E-state index in [-0.39, 0.29) is 35.8 Å². The molecule has 8 nitrogen and oxygen atoms in total. The lowest BCUT2D eigenvalue weighted by molar-refractivity contribution is -0.143. The number of benzene rings is 4. The van der Waals surface area contributed by atoms with Gasteiger partial charge in [0.15, 0.2) is 11.5 Å². The molecule has 0 N–H and O–H groups in total. The van der Waals surface area contributed by atoms with Crippen molar-refractivity contribution in [2.45, 2.75) is 38.7 Å². The molecule has 5 aromatic rings. The largest absolute Gasteiger partial charge is 0.494 e. The van der Waals surface area contributed by atoms with E-state index >= 15 is 0 Å². The lowest BCUT2D eigenvalue weighted by Crippen LogP contribution is -2.39. The van der Waals surface area contributed by atoms with Crippen molar-refractivity contribution in [1.29, 1.82) is 0 Å². The molecule has 1 heterocycles. The van der Waals surface area contributed by atoms with Crippen molar-refractivity contribution in [2.75, 3.05) is 27.4 Å². The summed E-state index contributed by atoms with van der Waals surface area (Å²) in [6.07, 6.45) is -10.3. The van der Waals surface area contributed by atoms with Crippen molar-refractivity contribution in [1.82, 2.24) is 14.5 Å². The van der Waals surface area contributed by atoms with Gasteiger partial charge in [-0.15, -0.1) is 0 Å². The number of amides is 1. The van der Waals surface area contributed by atoms with E-state index in [9.17, 15) is 35.9 Å². The standard InChI is InChI=1S/C37H33F6N3O5/c1-5-51-28-13-11-27(12-14-28)46-33(44-30-9-7-6-8-29(30)35(46)48)22(2)45(17-16-23-10-15-31(49-3)32(18-23)50-4)34(47)24-19-25(36(38,39)40)21-26(20-24)37(41,42)43/h6-15,18-22H,5,16-17H2,1-4H3. The Morgan fingerprint density at radius 2 is 1.47 bits per heavy atom. The van der Waals surface area contributed by atoms with Gasteiger partial charge in [-0.05, 0) is 92.6 Å². The summed E-state index contributed by atoms with van der Waals surface area (Å²) in [4.78, 5) is 34.2. The molecule has 0 spiro atoms. The average Bonchev–Trinajstić information content (AvgIpc) is 3.11. The maximum Gasteiger partial charge on any atom is 0.416 e. The van der Waals surface area contributed by atoms with E-state index in [1.54, 1.807) is 73.7 Å². The highest BCUT2D eigenvalue weighted by atomic mass is 19.4. The Hall–Kier alpha value is -5.53. The predicted molar refractivity (Wildman–Crippen MR) is 178 cm³/mol. The highest BCUT2D eigenvalue weighted by Gasteiger charge is 2.38. The molecule has 14 heteroatoms. The van der Waals surface area contributed by atoms with E-state index in [2.05, 4.69) is 0 Å². The first-order valence-electron chi connectivity index (χ1n) is 15.7. The topological polar surface area (TPSA) is 82.9 Å². The van der Waals surface area contributed by atoms with Crippen LogP contribution in [-0.4, -0.2) is 47.7 Å². The van der Waals surface area contributed by atoms with Gasteiger partial charge in [0, 0.05) is 12.1 Å². The van der Waals surface area contributed by atoms with Crippen LogP contribution in [0.2, 0.25) is 0 Å². The summed E-state index contributed by atoms with van der Waals surface area (Å²) in [6, 6.07) is 17.5. The molecule has 0 aliphatic carbocycles. The molecule has 1 amide bonds. The molecular weight excluding hydrogens is 680 g/mol. The van der Waals surface area contributed by atoms with E-state index < -0.39 is 46.6 Å². The van der Waals surface area contributed by atoms with E-state index in [1.807, 2.05) is 0 Å². The number of carbonyl (C=O) groups excluding carboxylic acids is 1. The Morgan fingerprint density at radius 1 is 0.843 bits per heavy atom. The SMILES string of the molecule is CCOc1ccc(-n2c(C(C)N(CCc3ccc(OC)c(OC)c3)C(=O)c3cc(C(F)(F)F)cc(C(F)(F)F)c3)nc3ccccc3c2=O)cc1. The maximum absolute atomic E-state index is 14.3. The van der Waals surface area contributed by atoms with E-state index in [1.165, 1.54) is 25.7 Å². The molecule has 0 aliphatic heterocycles. The molecule has 51 heavy (non-hydrogen) atoms. The van der Waals surface area contributed by atoms with E-state index in [4.69, 9.17) is 19.2 Å². The third-order valence-electron chi connectivity index (χ3n) is 8.23. The van der Waals surface area contributed by atoms with Crippen LogP contribution >= 0.6 is 0 Å². The van der Waals surface area contributed by atoms with Crippen LogP contribution in [0.4, 0.5) is 26.3 Å². The number of rotatable bonds is 11. The number of fused-ring (bicyclic) bond motifs is 1. The van der Waals surface area contributed by atoms with E-state index in [0.717, 1.165) is 4.90 Å². The van der Waals surface area contributed by atoms with Crippen LogP contribution in [0.25, 0.3) is 16.6 Å². The highest BCUT2D eigenvalue weighted by molar-refractivity contribution is 5.95. The van der Waals surface area contributed by atoms with Gasteiger partial charge >= 0.3 is 12.4 Å². The molecule has 0 saturated heterocycles. The van der Waals surface area contributed by atoms with Gasteiger partial charge in [-0.2, -0.15) is 26.3 Å². The van der Waals surface area contributed by atoms with Gasteiger partial charge < -0.3 is 19.1 Å². The molecule has 1 aromatic heterocycles. The van der Waals surface area contributed by atoms with Gasteiger partial charge in [-0.1, -0.05) is 18.2 Å². The molecule has 5 rings (SSSR count). The molecule has 4 aromatic carbocycles. The smallest absolute Gasteiger partial charge is 0.416 e. The Kier molecular flexibility index (Phi) is 10.6. The molecule has 1 atom stereocenters. The van der Waals surface area contributed by atoms with Gasteiger partial charge in [0.1, 0.15) is 11.6 Å². The summed E-state index contributed by atoms with van der Waals surface area (Å²) in [5.41, 5.74) is -3.38. The fraction of sp³-hybridized carbons (Fsp3) is 0.270. The van der Waals surface area contributed by atoms with Crippen molar-refractivity contribution in [3.63, 3.8) is 0 Å². The monoisotopic (exact) mass is 713 g/mol. The van der Waals surface area contributed by atoms with Gasteiger partial charge in [-0.3, -0.25) is 14.2 Å².